The smallest absolute Gasteiger partial charge is 0.323 e. The molecule has 0 radical (unpaired) electrons. The molecule has 3 rings (SSSR count). The Bertz CT molecular complexity index is 1150. The van der Waals surface area contributed by atoms with Crippen LogP contribution in [0.1, 0.15) is 5.56 Å². The molecule has 0 atom stereocenters. The largest absolute Gasteiger partial charge is 0.480 e. The van der Waals surface area contributed by atoms with Gasteiger partial charge in [-0.1, -0.05) is 36.1 Å². The van der Waals surface area contributed by atoms with Crippen molar-refractivity contribution in [3.63, 3.8) is 0 Å². The molecule has 1 saturated heterocycles. The van der Waals surface area contributed by atoms with Gasteiger partial charge in [0.1, 0.15) is 16.6 Å². The van der Waals surface area contributed by atoms with Gasteiger partial charge in [0.05, 0.1) is 20.8 Å². The zero-order valence-electron chi connectivity index (χ0n) is 15.3. The Morgan fingerprint density at radius 3 is 2.42 bits per heavy atom. The minimum absolute atomic E-state index is 0.143. The van der Waals surface area contributed by atoms with Crippen LogP contribution in [0, 0.1) is 20.2 Å². The van der Waals surface area contributed by atoms with E-state index in [1.807, 2.05) is 0 Å². The monoisotopic (exact) mass is 461 g/mol. The van der Waals surface area contributed by atoms with Crippen molar-refractivity contribution in [3.05, 3.63) is 73.2 Å². The van der Waals surface area contributed by atoms with E-state index in [9.17, 15) is 29.8 Å². The Hall–Kier alpha value is -3.84. The fourth-order valence-electron chi connectivity index (χ4n) is 2.53. The number of amides is 1. The Kier molecular flexibility index (Phi) is 6.27. The summed E-state index contributed by atoms with van der Waals surface area (Å²) < 4.78 is 5.62. The number of carbonyl (C=O) groups is 2. The number of aliphatic carboxylic acids is 1. The van der Waals surface area contributed by atoms with E-state index < -0.39 is 39.6 Å². The fraction of sp³-hybridized carbons (Fsp3) is 0.0556. The average Bonchev–Trinajstić information content (AvgIpc) is 2.96. The summed E-state index contributed by atoms with van der Waals surface area (Å²) in [5.41, 5.74) is -0.406. The van der Waals surface area contributed by atoms with E-state index in [0.29, 0.717) is 5.56 Å². The van der Waals surface area contributed by atoms with Gasteiger partial charge in [-0.2, -0.15) is 0 Å². The van der Waals surface area contributed by atoms with Crippen molar-refractivity contribution >= 4 is 57.6 Å². The Labute approximate surface area is 183 Å². The molecule has 1 heterocycles. The lowest BCUT2D eigenvalue weighted by atomic mass is 10.2. The maximum Gasteiger partial charge on any atom is 0.323 e. The molecule has 0 spiro atoms. The van der Waals surface area contributed by atoms with Crippen LogP contribution in [0.15, 0.2) is 47.4 Å². The summed E-state index contributed by atoms with van der Waals surface area (Å²) in [5, 5.41) is 30.9. The summed E-state index contributed by atoms with van der Waals surface area (Å²) in [6.07, 6.45) is 1.53. The lowest BCUT2D eigenvalue weighted by Crippen LogP contribution is -2.33. The number of rotatable bonds is 7. The standard InChI is InChI=1S/C18H11N3O8S2/c22-16(23)9-19-17(24)15(31-18(19)30)7-10-1-4-12(5-2-10)29-14-6-3-11(20(25)26)8-13(14)21(27)28/h1-8H,9H2,(H,22,23)/b15-7+. The van der Waals surface area contributed by atoms with Gasteiger partial charge in [-0.25, -0.2) is 0 Å². The molecule has 1 aliphatic rings. The van der Waals surface area contributed by atoms with Crippen LogP contribution >= 0.6 is 24.0 Å². The molecule has 1 aliphatic heterocycles. The third kappa shape index (κ3) is 5.02. The second kappa shape index (κ2) is 8.89. The van der Waals surface area contributed by atoms with Crippen molar-refractivity contribution in [2.45, 2.75) is 0 Å². The molecule has 0 aliphatic carbocycles. The van der Waals surface area contributed by atoms with Gasteiger partial charge in [0.2, 0.25) is 5.75 Å². The summed E-state index contributed by atoms with van der Waals surface area (Å²) in [7, 11) is 0. The summed E-state index contributed by atoms with van der Waals surface area (Å²) in [5.74, 6) is -1.64. The Morgan fingerprint density at radius 1 is 1.16 bits per heavy atom. The first-order valence-electron chi connectivity index (χ1n) is 8.33. The van der Waals surface area contributed by atoms with Crippen LogP contribution in [0.3, 0.4) is 0 Å². The number of hydrogen-bond acceptors (Lipinski definition) is 9. The predicted octanol–water partition coefficient (Wildman–Crippen LogP) is 3.58. The Balaban J connectivity index is 1.79. The van der Waals surface area contributed by atoms with E-state index in [0.717, 1.165) is 34.9 Å². The van der Waals surface area contributed by atoms with Crippen LogP contribution in [0.4, 0.5) is 11.4 Å². The summed E-state index contributed by atoms with van der Waals surface area (Å²) >= 11 is 6.01. The third-order valence-electron chi connectivity index (χ3n) is 3.92. The van der Waals surface area contributed by atoms with Gasteiger partial charge >= 0.3 is 11.7 Å². The molecule has 2 aromatic carbocycles. The van der Waals surface area contributed by atoms with Gasteiger partial charge in [0.25, 0.3) is 11.6 Å². The van der Waals surface area contributed by atoms with Crippen LogP contribution in [0.5, 0.6) is 11.5 Å². The quantitative estimate of drug-likeness (QED) is 0.280. The first-order valence-corrected chi connectivity index (χ1v) is 9.56. The van der Waals surface area contributed by atoms with E-state index in [2.05, 4.69) is 0 Å². The van der Waals surface area contributed by atoms with Crippen LogP contribution in [-0.4, -0.2) is 42.6 Å². The van der Waals surface area contributed by atoms with Gasteiger partial charge in [0.15, 0.2) is 0 Å². The number of thiocarbonyl (C=S) groups is 1. The first-order chi connectivity index (χ1) is 14.7. The molecule has 31 heavy (non-hydrogen) atoms. The van der Waals surface area contributed by atoms with Crippen molar-refractivity contribution in [3.8, 4) is 11.5 Å². The zero-order valence-corrected chi connectivity index (χ0v) is 16.9. The number of non-ortho nitro benzene ring substituents is 1. The molecular weight excluding hydrogens is 450 g/mol. The fourth-order valence-corrected chi connectivity index (χ4v) is 3.79. The molecule has 1 amide bonds. The second-order valence-corrected chi connectivity index (χ2v) is 7.67. The van der Waals surface area contributed by atoms with Gasteiger partial charge < -0.3 is 9.84 Å². The number of hydrogen-bond donors (Lipinski definition) is 1. The maximum absolute atomic E-state index is 12.3. The van der Waals surface area contributed by atoms with E-state index in [1.54, 1.807) is 12.1 Å². The van der Waals surface area contributed by atoms with Crippen LogP contribution in [0.2, 0.25) is 0 Å². The van der Waals surface area contributed by atoms with Gasteiger partial charge in [-0.05, 0) is 29.8 Å². The van der Waals surface area contributed by atoms with Crippen LogP contribution in [0.25, 0.3) is 6.08 Å². The first kappa shape index (κ1) is 21.9. The third-order valence-corrected chi connectivity index (χ3v) is 5.30. The lowest BCUT2D eigenvalue weighted by molar-refractivity contribution is -0.394. The molecule has 2 aromatic rings. The van der Waals surface area contributed by atoms with Gasteiger partial charge in [0, 0.05) is 6.07 Å². The number of nitro benzene ring substituents is 2. The van der Waals surface area contributed by atoms with Gasteiger partial charge in [-0.15, -0.1) is 0 Å². The highest BCUT2D eigenvalue weighted by Gasteiger charge is 2.33. The molecule has 13 heteroatoms. The molecule has 0 unspecified atom stereocenters. The molecule has 0 bridgehead atoms. The van der Waals surface area contributed by atoms with Crippen molar-refractivity contribution in [2.75, 3.05) is 6.54 Å². The normalized spacial score (nSPS) is 14.7. The topological polar surface area (TPSA) is 153 Å². The predicted molar refractivity (Wildman–Crippen MR) is 114 cm³/mol. The van der Waals surface area contributed by atoms with Crippen LogP contribution in [-0.2, 0) is 9.59 Å². The number of carboxylic acid groups (broad SMARTS) is 1. The highest BCUT2D eigenvalue weighted by molar-refractivity contribution is 8.26. The molecule has 158 valence electrons. The van der Waals surface area contributed by atoms with Gasteiger partial charge in [-0.3, -0.25) is 34.7 Å². The minimum atomic E-state index is -1.18. The van der Waals surface area contributed by atoms with Crippen molar-refractivity contribution in [1.82, 2.24) is 4.90 Å². The number of nitro groups is 2. The lowest BCUT2D eigenvalue weighted by Gasteiger charge is -2.10. The van der Waals surface area contributed by atoms with E-state index in [4.69, 9.17) is 22.1 Å². The van der Waals surface area contributed by atoms with Crippen molar-refractivity contribution in [2.24, 2.45) is 0 Å². The number of benzene rings is 2. The average molecular weight is 461 g/mol. The second-order valence-electron chi connectivity index (χ2n) is 6.00. The summed E-state index contributed by atoms with van der Waals surface area (Å²) in [6.45, 7) is -0.525. The van der Waals surface area contributed by atoms with Crippen molar-refractivity contribution < 1.29 is 29.3 Å². The number of nitrogens with zero attached hydrogens (tertiary/aromatic N) is 3. The summed E-state index contributed by atoms with van der Waals surface area (Å²) in [4.78, 5) is 44.9. The molecule has 1 fully saturated rings. The van der Waals surface area contributed by atoms with Crippen LogP contribution < -0.4 is 4.74 Å². The van der Waals surface area contributed by atoms with E-state index >= 15 is 0 Å². The van der Waals surface area contributed by atoms with Crippen molar-refractivity contribution in [1.29, 1.82) is 0 Å². The Morgan fingerprint density at radius 2 is 1.84 bits per heavy atom. The number of ether oxygens (including phenoxy) is 1. The summed E-state index contributed by atoms with van der Waals surface area (Å²) in [6, 6.07) is 9.19. The number of thioether (sulfide) groups is 1. The number of carbonyl (C=O) groups excluding carboxylic acids is 1. The maximum atomic E-state index is 12.3. The van der Waals surface area contributed by atoms with E-state index in [1.165, 1.54) is 18.2 Å². The van der Waals surface area contributed by atoms with E-state index in [-0.39, 0.29) is 20.7 Å². The molecule has 0 saturated carbocycles. The minimum Gasteiger partial charge on any atom is -0.480 e. The zero-order chi connectivity index (χ0) is 22.7. The molecule has 1 N–H and O–H groups in total. The molecular formula is C18H11N3O8S2. The molecule has 11 nitrogen and oxygen atoms in total. The highest BCUT2D eigenvalue weighted by Crippen LogP contribution is 2.35. The highest BCUT2D eigenvalue weighted by atomic mass is 32.2. The number of carboxylic acids is 1. The SMILES string of the molecule is O=C(O)CN1C(=O)/C(=C\c2ccc(Oc3ccc([N+](=O)[O-])cc3[N+](=O)[O-])cc2)SC1=S. The molecule has 0 aromatic heterocycles.